The first-order valence-electron chi connectivity index (χ1n) is 14.6. The number of aliphatic carboxylic acids is 1. The van der Waals surface area contributed by atoms with Gasteiger partial charge in [0.05, 0.1) is 18.7 Å². The molecular weight excluding hydrogens is 598 g/mol. The third-order valence-corrected chi connectivity index (χ3v) is 10.8. The maximum Gasteiger partial charge on any atom is 0.335 e. The molecule has 43 heavy (non-hydrogen) atoms. The minimum atomic E-state index is -1.37. The largest absolute Gasteiger partial charge is 0.479 e. The van der Waals surface area contributed by atoms with Gasteiger partial charge in [-0.15, -0.1) is 0 Å². The highest BCUT2D eigenvalue weighted by Gasteiger charge is 2.73. The Hall–Kier alpha value is -2.79. The van der Waals surface area contributed by atoms with Gasteiger partial charge in [0, 0.05) is 28.4 Å². The van der Waals surface area contributed by atoms with Crippen LogP contribution in [-0.2, 0) is 24.5 Å². The van der Waals surface area contributed by atoms with Crippen molar-refractivity contribution in [3.05, 3.63) is 57.6 Å². The number of ether oxygens (including phenoxy) is 1. The van der Waals surface area contributed by atoms with Crippen LogP contribution in [0, 0.1) is 11.2 Å². The second-order valence-corrected chi connectivity index (χ2v) is 14.2. The fourth-order valence-electron chi connectivity index (χ4n) is 7.79. The zero-order valence-electron chi connectivity index (χ0n) is 24.2. The quantitative estimate of drug-likeness (QED) is 0.351. The van der Waals surface area contributed by atoms with Crippen molar-refractivity contribution >= 4 is 46.7 Å². The average Bonchev–Trinajstić information content (AvgIpc) is 3.41. The molecule has 2 amide bonds. The number of halogens is 3. The van der Waals surface area contributed by atoms with Crippen molar-refractivity contribution in [2.45, 2.75) is 93.9 Å². The van der Waals surface area contributed by atoms with Gasteiger partial charge in [-0.3, -0.25) is 14.9 Å². The molecule has 0 radical (unpaired) electrons. The summed E-state index contributed by atoms with van der Waals surface area (Å²) in [7, 11) is 0. The van der Waals surface area contributed by atoms with Gasteiger partial charge in [0.25, 0.3) is 0 Å². The number of pyridine rings is 1. The number of nitrogens with one attached hydrogen (secondary N) is 3. The van der Waals surface area contributed by atoms with Crippen molar-refractivity contribution in [1.29, 1.82) is 0 Å². The number of carboxylic acids is 1. The lowest BCUT2D eigenvalue weighted by molar-refractivity contribution is -0.171. The van der Waals surface area contributed by atoms with Gasteiger partial charge in [0.1, 0.15) is 5.41 Å². The summed E-state index contributed by atoms with van der Waals surface area (Å²) in [5, 5.41) is 19.3. The van der Waals surface area contributed by atoms with Crippen LogP contribution >= 0.6 is 23.2 Å². The van der Waals surface area contributed by atoms with E-state index in [0.717, 1.165) is 12.8 Å². The lowest BCUT2D eigenvalue weighted by Gasteiger charge is -2.50. The van der Waals surface area contributed by atoms with Gasteiger partial charge >= 0.3 is 5.97 Å². The number of carbonyl (C=O) groups excluding carboxylic acids is 2. The maximum atomic E-state index is 16.0. The monoisotopic (exact) mass is 632 g/mol. The first-order chi connectivity index (χ1) is 20.2. The Morgan fingerprint density at radius 3 is 2.49 bits per heavy atom. The standard InChI is InChI=1S/C31H35Cl2FN4O5/c1-28(2)9-11-30(12-10-28)31(19-5-4-16(32)14-20(19)37-26(31)40)21(18-7-13-35-24(33)22(18)34)23(38-30)25(39)36-17-6-8-29(3,27(41)42)43-15-17/h4-5,7,13-14,17,21,23,38H,6,8-12,15H2,1-3H3,(H,36,39)(H,37,40)(H,41,42)/t17-,21+,23-,29?,31-/m1/s1. The molecule has 1 aromatic heterocycles. The van der Waals surface area contributed by atoms with Crippen LogP contribution in [0.3, 0.4) is 0 Å². The summed E-state index contributed by atoms with van der Waals surface area (Å²) in [6.07, 6.45) is 4.68. The number of hydrogen-bond donors (Lipinski definition) is 4. The SMILES string of the molecule is CC1(C)CCC2(CC1)N[C@@H](C(=O)N[C@@H]1CCC(C)(C(=O)O)OC1)[C@H](c1ccnc(Cl)c1F)[C@]21C(=O)Nc2cc(Cl)ccc21. The van der Waals surface area contributed by atoms with Crippen LogP contribution < -0.4 is 16.0 Å². The van der Waals surface area contributed by atoms with Crippen LogP contribution in [0.25, 0.3) is 0 Å². The highest BCUT2D eigenvalue weighted by atomic mass is 35.5. The van der Waals surface area contributed by atoms with E-state index in [4.69, 9.17) is 27.9 Å². The predicted octanol–water partition coefficient (Wildman–Crippen LogP) is 4.95. The normalized spacial score (nSPS) is 32.4. The van der Waals surface area contributed by atoms with Crippen molar-refractivity contribution in [3.63, 3.8) is 0 Å². The number of rotatable bonds is 4. The summed E-state index contributed by atoms with van der Waals surface area (Å²) in [6, 6.07) is 5.19. The smallest absolute Gasteiger partial charge is 0.335 e. The molecule has 4 heterocycles. The summed E-state index contributed by atoms with van der Waals surface area (Å²) in [6.45, 7) is 5.88. The summed E-state index contributed by atoms with van der Waals surface area (Å²) >= 11 is 12.5. The maximum absolute atomic E-state index is 16.0. The van der Waals surface area contributed by atoms with E-state index in [0.29, 0.717) is 35.5 Å². The molecule has 0 bridgehead atoms. The molecule has 1 unspecified atom stereocenters. The van der Waals surface area contributed by atoms with Crippen molar-refractivity contribution in [2.75, 3.05) is 11.9 Å². The number of aromatic nitrogens is 1. The number of carbonyl (C=O) groups is 3. The molecule has 3 fully saturated rings. The number of fused-ring (bicyclic) bond motifs is 3. The third-order valence-electron chi connectivity index (χ3n) is 10.3. The van der Waals surface area contributed by atoms with Gasteiger partial charge in [-0.1, -0.05) is 43.1 Å². The predicted molar refractivity (Wildman–Crippen MR) is 159 cm³/mol. The number of nitrogens with zero attached hydrogens (tertiary/aromatic N) is 1. The van der Waals surface area contributed by atoms with E-state index in [-0.39, 0.29) is 35.1 Å². The Balaban J connectivity index is 1.48. The number of carboxylic acid groups (broad SMARTS) is 1. The summed E-state index contributed by atoms with van der Waals surface area (Å²) < 4.78 is 21.7. The van der Waals surface area contributed by atoms with Crippen LogP contribution in [0.1, 0.15) is 76.3 Å². The Morgan fingerprint density at radius 2 is 1.84 bits per heavy atom. The summed E-state index contributed by atoms with van der Waals surface area (Å²) in [5.74, 6) is -3.60. The van der Waals surface area contributed by atoms with E-state index in [1.165, 1.54) is 19.2 Å². The van der Waals surface area contributed by atoms with Crippen molar-refractivity contribution < 1.29 is 28.6 Å². The third kappa shape index (κ3) is 4.64. The number of benzene rings is 1. The second kappa shape index (κ2) is 10.4. The lowest BCUT2D eigenvalue weighted by Crippen LogP contribution is -2.61. The van der Waals surface area contributed by atoms with Gasteiger partial charge < -0.3 is 20.5 Å². The van der Waals surface area contributed by atoms with Crippen LogP contribution in [0.15, 0.2) is 30.5 Å². The first kappa shape index (κ1) is 30.2. The Kier molecular flexibility index (Phi) is 7.31. The minimum Gasteiger partial charge on any atom is -0.479 e. The average molecular weight is 634 g/mol. The van der Waals surface area contributed by atoms with Crippen molar-refractivity contribution in [2.24, 2.45) is 5.41 Å². The van der Waals surface area contributed by atoms with E-state index in [2.05, 4.69) is 34.8 Å². The van der Waals surface area contributed by atoms with E-state index < -0.39 is 52.3 Å². The summed E-state index contributed by atoms with van der Waals surface area (Å²) in [4.78, 5) is 44.4. The van der Waals surface area contributed by atoms with E-state index in [9.17, 15) is 19.5 Å². The number of hydrogen-bond acceptors (Lipinski definition) is 6. The van der Waals surface area contributed by atoms with Crippen LogP contribution in [0.4, 0.5) is 10.1 Å². The fourth-order valence-corrected chi connectivity index (χ4v) is 8.13. The first-order valence-corrected chi connectivity index (χ1v) is 15.4. The van der Waals surface area contributed by atoms with E-state index in [1.807, 2.05) is 0 Å². The van der Waals surface area contributed by atoms with E-state index in [1.54, 1.807) is 18.2 Å². The molecule has 2 aromatic rings. The topological polar surface area (TPSA) is 130 Å². The zero-order chi connectivity index (χ0) is 30.9. The van der Waals surface area contributed by atoms with Crippen molar-refractivity contribution in [3.8, 4) is 0 Å². The molecule has 9 nitrogen and oxygen atoms in total. The molecule has 3 aliphatic heterocycles. The van der Waals surface area contributed by atoms with Gasteiger partial charge in [-0.2, -0.15) is 0 Å². The Labute approximate surface area is 259 Å². The second-order valence-electron chi connectivity index (χ2n) is 13.4. The van der Waals surface area contributed by atoms with Gasteiger partial charge in [-0.25, -0.2) is 14.2 Å². The molecule has 1 aliphatic carbocycles. The van der Waals surface area contributed by atoms with Gasteiger partial charge in [0.2, 0.25) is 11.8 Å². The molecule has 12 heteroatoms. The zero-order valence-corrected chi connectivity index (χ0v) is 25.7. The highest BCUT2D eigenvalue weighted by molar-refractivity contribution is 6.31. The molecule has 4 N–H and O–H groups in total. The number of anilines is 1. The van der Waals surface area contributed by atoms with Crippen LogP contribution in [-0.4, -0.2) is 57.7 Å². The molecule has 1 aromatic carbocycles. The molecule has 6 rings (SSSR count). The molecule has 2 saturated heterocycles. The molecular formula is C31H35Cl2FN4O5. The summed E-state index contributed by atoms with van der Waals surface area (Å²) in [5.41, 5.74) is -2.28. The number of amides is 2. The molecule has 4 aliphatic rings. The van der Waals surface area contributed by atoms with Gasteiger partial charge in [0.15, 0.2) is 16.6 Å². The molecule has 2 spiro atoms. The van der Waals surface area contributed by atoms with E-state index >= 15 is 4.39 Å². The molecule has 1 saturated carbocycles. The highest BCUT2D eigenvalue weighted by Crippen LogP contribution is 2.64. The van der Waals surface area contributed by atoms with Gasteiger partial charge in [-0.05, 0) is 80.2 Å². The van der Waals surface area contributed by atoms with Crippen LogP contribution in [0.2, 0.25) is 10.2 Å². The molecule has 5 atom stereocenters. The Morgan fingerprint density at radius 1 is 1.12 bits per heavy atom. The minimum absolute atomic E-state index is 0.00761. The Bertz CT molecular complexity index is 1500. The lowest BCUT2D eigenvalue weighted by atomic mass is 9.53. The van der Waals surface area contributed by atoms with Crippen molar-refractivity contribution in [1.82, 2.24) is 15.6 Å². The fraction of sp³-hybridized carbons (Fsp3) is 0.548. The molecule has 230 valence electrons. The van der Waals surface area contributed by atoms with Crippen LogP contribution in [0.5, 0.6) is 0 Å².